The maximum Gasteiger partial charge on any atom is 0.326 e. The number of carboxylic acid groups (broad SMARTS) is 1. The van der Waals surface area contributed by atoms with Crippen LogP contribution in [0, 0.1) is 5.92 Å². The van der Waals surface area contributed by atoms with Crippen LogP contribution in [0.2, 0.25) is 0 Å². The maximum atomic E-state index is 11.6. The molecule has 0 saturated carbocycles. The van der Waals surface area contributed by atoms with Crippen molar-refractivity contribution in [1.29, 1.82) is 0 Å². The topological polar surface area (TPSA) is 95.5 Å². The van der Waals surface area contributed by atoms with Crippen molar-refractivity contribution >= 4 is 21.7 Å². The second-order valence-corrected chi connectivity index (χ2v) is 6.78. The van der Waals surface area contributed by atoms with Crippen molar-refractivity contribution in [2.24, 2.45) is 5.92 Å². The molecule has 7 heteroatoms. The van der Waals surface area contributed by atoms with Crippen molar-refractivity contribution in [2.75, 3.05) is 12.4 Å². The van der Waals surface area contributed by atoms with Crippen molar-refractivity contribution in [3.8, 4) is 0 Å². The molecule has 0 aliphatic heterocycles. The molecule has 0 fully saturated rings. The molecule has 3 N–H and O–H groups in total. The zero-order valence-corrected chi connectivity index (χ0v) is 12.6. The van der Waals surface area contributed by atoms with Crippen LogP contribution in [0.1, 0.15) is 20.3 Å². The summed E-state index contributed by atoms with van der Waals surface area (Å²) in [6, 6.07) is 5.29. The Kier molecular flexibility index (Phi) is 5.52. The zero-order chi connectivity index (χ0) is 15.3. The highest BCUT2D eigenvalue weighted by Gasteiger charge is 2.19. The SMILES string of the molecule is CNS(=O)(=O)c1ccc(NC(CC(C)C)C(=O)O)cc1. The predicted octanol–water partition coefficient (Wildman–Crippen LogP) is 1.51. The number of carboxylic acids is 1. The molecule has 1 aromatic rings. The lowest BCUT2D eigenvalue weighted by Gasteiger charge is -2.17. The Bertz CT molecular complexity index is 552. The Morgan fingerprint density at radius 1 is 1.25 bits per heavy atom. The lowest BCUT2D eigenvalue weighted by Crippen LogP contribution is -2.30. The van der Waals surface area contributed by atoms with E-state index in [2.05, 4.69) is 10.0 Å². The van der Waals surface area contributed by atoms with E-state index in [9.17, 15) is 13.2 Å². The number of hydrogen-bond acceptors (Lipinski definition) is 4. The van der Waals surface area contributed by atoms with Gasteiger partial charge in [0, 0.05) is 5.69 Å². The third-order valence-corrected chi connectivity index (χ3v) is 4.21. The van der Waals surface area contributed by atoms with Crippen LogP contribution in [0.25, 0.3) is 0 Å². The average molecular weight is 300 g/mol. The summed E-state index contributed by atoms with van der Waals surface area (Å²) in [6.07, 6.45) is 0.492. The van der Waals surface area contributed by atoms with Gasteiger partial charge < -0.3 is 10.4 Å². The minimum atomic E-state index is -3.47. The summed E-state index contributed by atoms with van der Waals surface area (Å²) in [7, 11) is -2.13. The Hall–Kier alpha value is -1.60. The summed E-state index contributed by atoms with van der Waals surface area (Å²) >= 11 is 0. The second-order valence-electron chi connectivity index (χ2n) is 4.90. The van der Waals surface area contributed by atoms with Crippen molar-refractivity contribution < 1.29 is 18.3 Å². The first-order chi connectivity index (χ1) is 9.26. The number of anilines is 1. The molecule has 0 saturated heterocycles. The van der Waals surface area contributed by atoms with E-state index in [1.54, 1.807) is 12.1 Å². The summed E-state index contributed by atoms with van der Waals surface area (Å²) in [4.78, 5) is 11.3. The largest absolute Gasteiger partial charge is 0.480 e. The van der Waals surface area contributed by atoms with Gasteiger partial charge in [0.05, 0.1) is 4.90 Å². The Labute approximate surface area is 119 Å². The van der Waals surface area contributed by atoms with Gasteiger partial charge in [-0.2, -0.15) is 0 Å². The van der Waals surface area contributed by atoms with E-state index in [4.69, 9.17) is 5.11 Å². The summed E-state index contributed by atoms with van der Waals surface area (Å²) in [5.74, 6) is -0.682. The molecule has 0 aliphatic rings. The smallest absolute Gasteiger partial charge is 0.326 e. The quantitative estimate of drug-likeness (QED) is 0.709. The van der Waals surface area contributed by atoms with E-state index in [1.807, 2.05) is 13.8 Å². The minimum absolute atomic E-state index is 0.140. The molecule has 20 heavy (non-hydrogen) atoms. The molecule has 0 radical (unpaired) electrons. The highest BCUT2D eigenvalue weighted by atomic mass is 32.2. The molecular weight excluding hydrogens is 280 g/mol. The molecule has 0 heterocycles. The number of aliphatic carboxylic acids is 1. The Morgan fingerprint density at radius 3 is 2.20 bits per heavy atom. The molecule has 112 valence electrons. The third kappa shape index (κ3) is 4.50. The van der Waals surface area contributed by atoms with Gasteiger partial charge in [0.1, 0.15) is 6.04 Å². The first-order valence-corrected chi connectivity index (χ1v) is 7.77. The van der Waals surface area contributed by atoms with Gasteiger partial charge in [-0.15, -0.1) is 0 Å². The summed E-state index contributed by atoms with van der Waals surface area (Å²) in [5.41, 5.74) is 0.577. The first kappa shape index (κ1) is 16.5. The summed E-state index contributed by atoms with van der Waals surface area (Å²) < 4.78 is 25.3. The molecule has 1 rings (SSSR count). The first-order valence-electron chi connectivity index (χ1n) is 6.29. The molecule has 1 atom stereocenters. The minimum Gasteiger partial charge on any atom is -0.480 e. The van der Waals surface area contributed by atoms with Gasteiger partial charge in [0.25, 0.3) is 0 Å². The number of nitrogens with one attached hydrogen (secondary N) is 2. The lowest BCUT2D eigenvalue weighted by molar-refractivity contribution is -0.138. The van der Waals surface area contributed by atoms with Crippen LogP contribution >= 0.6 is 0 Å². The lowest BCUT2D eigenvalue weighted by atomic mass is 10.0. The van der Waals surface area contributed by atoms with E-state index in [0.717, 1.165) is 0 Å². The van der Waals surface area contributed by atoms with E-state index in [-0.39, 0.29) is 10.8 Å². The van der Waals surface area contributed by atoms with Gasteiger partial charge in [-0.1, -0.05) is 13.8 Å². The monoisotopic (exact) mass is 300 g/mol. The van der Waals surface area contributed by atoms with E-state index in [1.165, 1.54) is 19.2 Å². The van der Waals surface area contributed by atoms with Crippen LogP contribution in [-0.4, -0.2) is 32.6 Å². The van der Waals surface area contributed by atoms with Gasteiger partial charge in [-0.3, -0.25) is 0 Å². The zero-order valence-electron chi connectivity index (χ0n) is 11.8. The fraction of sp³-hybridized carbons (Fsp3) is 0.462. The molecule has 0 aromatic heterocycles. The van der Waals surface area contributed by atoms with E-state index >= 15 is 0 Å². The van der Waals surface area contributed by atoms with Crippen molar-refractivity contribution in [3.63, 3.8) is 0 Å². The Balaban J connectivity index is 2.86. The molecule has 0 spiro atoms. The molecule has 0 bridgehead atoms. The van der Waals surface area contributed by atoms with Gasteiger partial charge in [-0.25, -0.2) is 17.9 Å². The van der Waals surface area contributed by atoms with Crippen LogP contribution in [0.4, 0.5) is 5.69 Å². The fourth-order valence-corrected chi connectivity index (χ4v) is 2.47. The summed E-state index contributed by atoms with van der Waals surface area (Å²) in [6.45, 7) is 3.89. The van der Waals surface area contributed by atoms with Gasteiger partial charge in [-0.05, 0) is 43.7 Å². The van der Waals surface area contributed by atoms with Crippen molar-refractivity contribution in [3.05, 3.63) is 24.3 Å². The maximum absolute atomic E-state index is 11.6. The molecule has 0 aliphatic carbocycles. The molecular formula is C13H20N2O4S. The van der Waals surface area contributed by atoms with Crippen molar-refractivity contribution in [1.82, 2.24) is 4.72 Å². The van der Waals surface area contributed by atoms with Crippen LogP contribution in [0.15, 0.2) is 29.2 Å². The average Bonchev–Trinajstić information content (AvgIpc) is 2.38. The van der Waals surface area contributed by atoms with Crippen LogP contribution in [0.5, 0.6) is 0 Å². The third-order valence-electron chi connectivity index (χ3n) is 2.78. The van der Waals surface area contributed by atoms with E-state index < -0.39 is 22.0 Å². The fourth-order valence-electron chi connectivity index (χ4n) is 1.74. The van der Waals surface area contributed by atoms with Gasteiger partial charge >= 0.3 is 5.97 Å². The molecule has 1 unspecified atom stereocenters. The number of sulfonamides is 1. The highest BCUT2D eigenvalue weighted by Crippen LogP contribution is 2.16. The van der Waals surface area contributed by atoms with Gasteiger partial charge in [0.2, 0.25) is 10.0 Å². The van der Waals surface area contributed by atoms with Crippen molar-refractivity contribution in [2.45, 2.75) is 31.2 Å². The normalized spacial score (nSPS) is 13.2. The standard InChI is InChI=1S/C13H20N2O4S/c1-9(2)8-12(13(16)17)15-10-4-6-11(7-5-10)20(18,19)14-3/h4-7,9,12,14-15H,8H2,1-3H3,(H,16,17). The highest BCUT2D eigenvalue weighted by molar-refractivity contribution is 7.89. The molecule has 1 aromatic carbocycles. The number of hydrogen-bond donors (Lipinski definition) is 3. The van der Waals surface area contributed by atoms with Gasteiger partial charge in [0.15, 0.2) is 0 Å². The van der Waals surface area contributed by atoms with Crippen LogP contribution < -0.4 is 10.0 Å². The van der Waals surface area contributed by atoms with Crippen LogP contribution in [0.3, 0.4) is 0 Å². The van der Waals surface area contributed by atoms with Crippen LogP contribution in [-0.2, 0) is 14.8 Å². The predicted molar refractivity (Wildman–Crippen MR) is 77.2 cm³/mol. The Morgan fingerprint density at radius 2 is 1.80 bits per heavy atom. The second kappa shape index (κ2) is 6.71. The number of rotatable bonds is 7. The molecule has 0 amide bonds. The summed E-state index contributed by atoms with van der Waals surface area (Å²) in [5, 5.41) is 12.0. The number of benzene rings is 1. The van der Waals surface area contributed by atoms with E-state index in [0.29, 0.717) is 12.1 Å². The molecule has 6 nitrogen and oxygen atoms in total. The number of carbonyl (C=O) groups is 1.